The summed E-state index contributed by atoms with van der Waals surface area (Å²) in [6.45, 7) is 5.81. The summed E-state index contributed by atoms with van der Waals surface area (Å²) in [6, 6.07) is 9.54. The number of nitrogens with two attached hydrogens (primary N) is 1. The molecule has 0 aliphatic carbocycles. The number of likely N-dealkylation sites (tertiary alicyclic amines) is 2. The first kappa shape index (κ1) is 24.2. The minimum absolute atomic E-state index is 0. The van der Waals surface area contributed by atoms with E-state index in [2.05, 4.69) is 4.90 Å². The van der Waals surface area contributed by atoms with E-state index in [0.717, 1.165) is 44.6 Å². The number of benzene rings is 1. The van der Waals surface area contributed by atoms with Crippen LogP contribution in [0, 0.1) is 0 Å². The molecule has 7 heteroatoms. The first-order valence-electron chi connectivity index (χ1n) is 9.64. The van der Waals surface area contributed by atoms with Crippen molar-refractivity contribution in [1.29, 1.82) is 0 Å². The standard InChI is InChI=1S/C20H31N3O2.2ClH/c21-19(16-17-6-2-1-3-7-17)20(24)23-12-8-18(9-13-23)25-15-14-22-10-4-5-11-22;;/h1-3,6-7,18-19H,4-5,8-16,21H2;2*1H. The van der Waals surface area contributed by atoms with Crippen LogP contribution >= 0.6 is 24.8 Å². The first-order chi connectivity index (χ1) is 12.2. The van der Waals surface area contributed by atoms with Crippen molar-refractivity contribution in [2.24, 2.45) is 5.73 Å². The van der Waals surface area contributed by atoms with Gasteiger partial charge >= 0.3 is 0 Å². The molecule has 0 saturated carbocycles. The van der Waals surface area contributed by atoms with Gasteiger partial charge in [0.05, 0.1) is 18.8 Å². The molecular formula is C20H33Cl2N3O2. The van der Waals surface area contributed by atoms with Crippen LogP contribution in [-0.4, -0.2) is 67.2 Å². The Kier molecular flexibility index (Phi) is 11.3. The van der Waals surface area contributed by atoms with E-state index in [9.17, 15) is 4.79 Å². The van der Waals surface area contributed by atoms with Crippen molar-refractivity contribution in [2.45, 2.75) is 44.2 Å². The number of amides is 1. The summed E-state index contributed by atoms with van der Waals surface area (Å²) in [5.41, 5.74) is 7.25. The molecule has 1 atom stereocenters. The number of carbonyl (C=O) groups excluding carboxylic acids is 1. The summed E-state index contributed by atoms with van der Waals surface area (Å²) in [6.07, 6.45) is 5.38. The fraction of sp³-hybridized carbons (Fsp3) is 0.650. The summed E-state index contributed by atoms with van der Waals surface area (Å²) >= 11 is 0. The van der Waals surface area contributed by atoms with Gasteiger partial charge < -0.3 is 20.3 Å². The lowest BCUT2D eigenvalue weighted by molar-refractivity contribution is -0.135. The van der Waals surface area contributed by atoms with Crippen LogP contribution in [0.15, 0.2) is 30.3 Å². The zero-order valence-corrected chi connectivity index (χ0v) is 17.6. The second kappa shape index (κ2) is 12.6. The molecule has 0 aromatic heterocycles. The highest BCUT2D eigenvalue weighted by molar-refractivity contribution is 5.85. The van der Waals surface area contributed by atoms with Crippen LogP contribution in [-0.2, 0) is 16.0 Å². The summed E-state index contributed by atoms with van der Waals surface area (Å²) < 4.78 is 6.02. The Labute approximate surface area is 175 Å². The molecule has 1 amide bonds. The van der Waals surface area contributed by atoms with Gasteiger partial charge in [0.2, 0.25) is 5.91 Å². The van der Waals surface area contributed by atoms with Gasteiger partial charge in [-0.25, -0.2) is 0 Å². The number of nitrogens with zero attached hydrogens (tertiary/aromatic N) is 2. The maximum Gasteiger partial charge on any atom is 0.239 e. The Morgan fingerprint density at radius 3 is 2.33 bits per heavy atom. The number of ether oxygens (including phenoxy) is 1. The summed E-state index contributed by atoms with van der Waals surface area (Å²) in [7, 11) is 0. The molecule has 2 saturated heterocycles. The summed E-state index contributed by atoms with van der Waals surface area (Å²) in [5, 5.41) is 0. The van der Waals surface area contributed by atoms with Crippen molar-refractivity contribution in [3.05, 3.63) is 35.9 Å². The number of hydrogen-bond donors (Lipinski definition) is 1. The van der Waals surface area contributed by atoms with Gasteiger partial charge in [0.15, 0.2) is 0 Å². The molecule has 2 aliphatic heterocycles. The van der Waals surface area contributed by atoms with Gasteiger partial charge in [0, 0.05) is 19.6 Å². The minimum atomic E-state index is -0.449. The lowest BCUT2D eigenvalue weighted by Crippen LogP contribution is -2.49. The van der Waals surface area contributed by atoms with Crippen LogP contribution in [0.4, 0.5) is 0 Å². The summed E-state index contributed by atoms with van der Waals surface area (Å²) in [5.74, 6) is 0.0689. The maximum atomic E-state index is 12.6. The van der Waals surface area contributed by atoms with Crippen molar-refractivity contribution < 1.29 is 9.53 Å². The van der Waals surface area contributed by atoms with Crippen LogP contribution in [0.5, 0.6) is 0 Å². The van der Waals surface area contributed by atoms with E-state index >= 15 is 0 Å². The zero-order valence-electron chi connectivity index (χ0n) is 15.9. The topological polar surface area (TPSA) is 58.8 Å². The molecule has 0 bridgehead atoms. The van der Waals surface area contributed by atoms with E-state index in [-0.39, 0.29) is 36.8 Å². The van der Waals surface area contributed by atoms with E-state index in [1.165, 1.54) is 25.9 Å². The molecule has 27 heavy (non-hydrogen) atoms. The number of carbonyl (C=O) groups is 1. The third kappa shape index (κ3) is 7.59. The lowest BCUT2D eigenvalue weighted by atomic mass is 10.0. The van der Waals surface area contributed by atoms with Crippen molar-refractivity contribution >= 4 is 30.7 Å². The van der Waals surface area contributed by atoms with Gasteiger partial charge in [0.1, 0.15) is 0 Å². The largest absolute Gasteiger partial charge is 0.377 e. The number of rotatable bonds is 7. The van der Waals surface area contributed by atoms with Gasteiger partial charge in [-0.3, -0.25) is 4.79 Å². The molecule has 5 nitrogen and oxygen atoms in total. The molecule has 2 aliphatic rings. The molecule has 1 unspecified atom stereocenters. The highest BCUT2D eigenvalue weighted by Crippen LogP contribution is 2.16. The van der Waals surface area contributed by atoms with E-state index in [1.54, 1.807) is 0 Å². The van der Waals surface area contributed by atoms with Gasteiger partial charge in [-0.1, -0.05) is 30.3 Å². The molecule has 1 aromatic rings. The monoisotopic (exact) mass is 417 g/mol. The van der Waals surface area contributed by atoms with E-state index < -0.39 is 6.04 Å². The number of hydrogen-bond acceptors (Lipinski definition) is 4. The molecule has 3 rings (SSSR count). The number of piperidine rings is 1. The average molecular weight is 418 g/mol. The van der Waals surface area contributed by atoms with E-state index in [4.69, 9.17) is 10.5 Å². The third-order valence-electron chi connectivity index (χ3n) is 5.33. The van der Waals surface area contributed by atoms with Gasteiger partial charge in [0.25, 0.3) is 0 Å². The molecular weight excluding hydrogens is 385 g/mol. The van der Waals surface area contributed by atoms with Crippen molar-refractivity contribution in [1.82, 2.24) is 9.80 Å². The van der Waals surface area contributed by atoms with Gasteiger partial charge in [-0.2, -0.15) is 0 Å². The Morgan fingerprint density at radius 2 is 1.70 bits per heavy atom. The van der Waals surface area contributed by atoms with Crippen molar-refractivity contribution in [3.63, 3.8) is 0 Å². The van der Waals surface area contributed by atoms with Gasteiger partial charge in [-0.15, -0.1) is 24.8 Å². The van der Waals surface area contributed by atoms with Crippen LogP contribution in [0.3, 0.4) is 0 Å². The van der Waals surface area contributed by atoms with Gasteiger partial charge in [-0.05, 0) is 50.8 Å². The summed E-state index contributed by atoms with van der Waals surface area (Å²) in [4.78, 5) is 16.9. The van der Waals surface area contributed by atoms with Crippen LogP contribution in [0.2, 0.25) is 0 Å². The smallest absolute Gasteiger partial charge is 0.239 e. The highest BCUT2D eigenvalue weighted by atomic mass is 35.5. The third-order valence-corrected chi connectivity index (χ3v) is 5.33. The second-order valence-corrected chi connectivity index (χ2v) is 7.24. The van der Waals surface area contributed by atoms with E-state index in [1.807, 2.05) is 35.2 Å². The zero-order chi connectivity index (χ0) is 17.5. The van der Waals surface area contributed by atoms with Crippen molar-refractivity contribution in [3.8, 4) is 0 Å². The van der Waals surface area contributed by atoms with Crippen LogP contribution in [0.25, 0.3) is 0 Å². The predicted octanol–water partition coefficient (Wildman–Crippen LogP) is 2.50. The Hall–Kier alpha value is -0.850. The average Bonchev–Trinajstić information content (AvgIpc) is 3.16. The van der Waals surface area contributed by atoms with Crippen LogP contribution in [0.1, 0.15) is 31.2 Å². The number of halogens is 2. The Balaban J connectivity index is 0.00000182. The molecule has 2 heterocycles. The Morgan fingerprint density at radius 1 is 1.07 bits per heavy atom. The molecule has 2 fully saturated rings. The second-order valence-electron chi connectivity index (χ2n) is 7.24. The van der Waals surface area contributed by atoms with E-state index in [0.29, 0.717) is 6.42 Å². The quantitative estimate of drug-likeness (QED) is 0.739. The molecule has 154 valence electrons. The first-order valence-corrected chi connectivity index (χ1v) is 9.64. The fourth-order valence-corrected chi connectivity index (χ4v) is 3.79. The highest BCUT2D eigenvalue weighted by Gasteiger charge is 2.26. The molecule has 1 aromatic carbocycles. The van der Waals surface area contributed by atoms with Crippen molar-refractivity contribution in [2.75, 3.05) is 39.3 Å². The molecule has 0 radical (unpaired) electrons. The minimum Gasteiger partial charge on any atom is -0.377 e. The fourth-order valence-electron chi connectivity index (χ4n) is 3.79. The normalized spacial score (nSPS) is 19.2. The lowest BCUT2D eigenvalue weighted by Gasteiger charge is -2.33. The molecule has 0 spiro atoms. The van der Waals surface area contributed by atoms with Crippen LogP contribution < -0.4 is 5.73 Å². The molecule has 2 N–H and O–H groups in total. The maximum absolute atomic E-state index is 12.6. The Bertz CT molecular complexity index is 533. The SMILES string of the molecule is Cl.Cl.NC(Cc1ccccc1)C(=O)N1CCC(OCCN2CCCC2)CC1. The predicted molar refractivity (Wildman–Crippen MR) is 114 cm³/mol.